The molecule has 0 N–H and O–H groups in total. The van der Waals surface area contributed by atoms with Crippen LogP contribution in [0.4, 0.5) is 5.13 Å². The van der Waals surface area contributed by atoms with Crippen LogP contribution in [0.1, 0.15) is 10.4 Å². The fourth-order valence-corrected chi connectivity index (χ4v) is 5.29. The second-order valence-electron chi connectivity index (χ2n) is 7.29. The number of hydrogen-bond donors (Lipinski definition) is 0. The van der Waals surface area contributed by atoms with Crippen LogP contribution >= 0.6 is 34.7 Å². The first-order chi connectivity index (χ1) is 16.3. The van der Waals surface area contributed by atoms with E-state index in [9.17, 15) is 0 Å². The maximum absolute atomic E-state index is 5.98. The van der Waals surface area contributed by atoms with Gasteiger partial charge in [-0.1, -0.05) is 77.2 Å². The van der Waals surface area contributed by atoms with Gasteiger partial charge in [0.1, 0.15) is 6.33 Å². The first kappa shape index (κ1) is 22.1. The fraction of sp³-hybridized carbons (Fsp3) is 0.217. The van der Waals surface area contributed by atoms with Crippen LogP contribution in [-0.4, -0.2) is 52.4 Å². The highest BCUT2D eigenvalue weighted by molar-refractivity contribution is 7.98. The quantitative estimate of drug-likeness (QED) is 0.263. The number of benzene rings is 2. The summed E-state index contributed by atoms with van der Waals surface area (Å²) in [6, 6.07) is 18.0. The Balaban J connectivity index is 1.38. The van der Waals surface area contributed by atoms with Crippen LogP contribution in [0, 0.1) is 0 Å². The van der Waals surface area contributed by atoms with Crippen molar-refractivity contribution >= 4 is 46.0 Å². The molecule has 0 bridgehead atoms. The monoisotopic (exact) mass is 496 g/mol. The number of rotatable bonds is 7. The highest BCUT2D eigenvalue weighted by Crippen LogP contribution is 2.32. The van der Waals surface area contributed by atoms with Crippen LogP contribution in [0.5, 0.6) is 0 Å². The van der Waals surface area contributed by atoms with E-state index >= 15 is 0 Å². The predicted molar refractivity (Wildman–Crippen MR) is 135 cm³/mol. The molecule has 0 unspecified atom stereocenters. The van der Waals surface area contributed by atoms with Gasteiger partial charge in [0.2, 0.25) is 5.16 Å². The number of thiazole rings is 1. The summed E-state index contributed by atoms with van der Waals surface area (Å²) in [6.07, 6.45) is 3.46. The van der Waals surface area contributed by atoms with Crippen molar-refractivity contribution in [1.29, 1.82) is 0 Å². The van der Waals surface area contributed by atoms with E-state index < -0.39 is 0 Å². The molecule has 2 aromatic heterocycles. The average molecular weight is 497 g/mol. The van der Waals surface area contributed by atoms with Gasteiger partial charge in [-0.15, -0.1) is 10.2 Å². The molecule has 1 fully saturated rings. The van der Waals surface area contributed by atoms with Crippen LogP contribution in [-0.2, 0) is 10.5 Å². The molecule has 2 aromatic carbocycles. The fourth-order valence-electron chi connectivity index (χ4n) is 3.34. The Morgan fingerprint density at radius 1 is 1.09 bits per heavy atom. The van der Waals surface area contributed by atoms with Gasteiger partial charge in [-0.2, -0.15) is 9.78 Å². The maximum atomic E-state index is 5.98. The Labute approximate surface area is 205 Å². The minimum absolute atomic E-state index is 0.721. The van der Waals surface area contributed by atoms with Crippen molar-refractivity contribution < 1.29 is 4.74 Å². The summed E-state index contributed by atoms with van der Waals surface area (Å²) in [5, 5.41) is 15.4. The minimum Gasteiger partial charge on any atom is -0.378 e. The molecule has 33 heavy (non-hydrogen) atoms. The van der Waals surface area contributed by atoms with Gasteiger partial charge in [-0.05, 0) is 17.7 Å². The van der Waals surface area contributed by atoms with E-state index in [1.165, 1.54) is 0 Å². The highest BCUT2D eigenvalue weighted by atomic mass is 35.5. The molecule has 0 spiro atoms. The maximum Gasteiger partial charge on any atom is 0.212 e. The summed E-state index contributed by atoms with van der Waals surface area (Å²) in [4.78, 5) is 8.21. The van der Waals surface area contributed by atoms with Crippen molar-refractivity contribution in [3.05, 3.63) is 76.4 Å². The zero-order chi connectivity index (χ0) is 22.5. The minimum atomic E-state index is 0.721. The lowest BCUT2D eigenvalue weighted by atomic mass is 10.1. The third-order valence-corrected chi connectivity index (χ3v) is 7.36. The zero-order valence-electron chi connectivity index (χ0n) is 17.7. The van der Waals surface area contributed by atoms with Crippen LogP contribution in [0.3, 0.4) is 0 Å². The van der Waals surface area contributed by atoms with Gasteiger partial charge in [0.25, 0.3) is 0 Å². The van der Waals surface area contributed by atoms with Gasteiger partial charge in [0.15, 0.2) is 5.13 Å². The summed E-state index contributed by atoms with van der Waals surface area (Å²) in [5.74, 6) is 0.752. The van der Waals surface area contributed by atoms with Crippen molar-refractivity contribution in [2.75, 3.05) is 31.2 Å². The largest absolute Gasteiger partial charge is 0.378 e. The SMILES string of the molecule is Clc1ccc(CSc2nncn2/N=C/c2sc(N3CCOCC3)nc2-c2ccccc2)cc1. The molecule has 10 heteroatoms. The van der Waals surface area contributed by atoms with E-state index in [2.05, 4.69) is 32.3 Å². The van der Waals surface area contributed by atoms with E-state index in [-0.39, 0.29) is 0 Å². The lowest BCUT2D eigenvalue weighted by molar-refractivity contribution is 0.122. The Morgan fingerprint density at radius 2 is 1.88 bits per heavy atom. The summed E-state index contributed by atoms with van der Waals surface area (Å²) in [7, 11) is 0. The van der Waals surface area contributed by atoms with Crippen molar-refractivity contribution in [1.82, 2.24) is 19.9 Å². The third kappa shape index (κ3) is 5.44. The van der Waals surface area contributed by atoms with Gasteiger partial charge >= 0.3 is 0 Å². The number of nitrogens with zero attached hydrogens (tertiary/aromatic N) is 6. The molecular formula is C23H21ClN6OS2. The van der Waals surface area contributed by atoms with Gasteiger partial charge in [0, 0.05) is 29.4 Å². The Kier molecular flexibility index (Phi) is 7.01. The first-order valence-corrected chi connectivity index (χ1v) is 12.6. The topological polar surface area (TPSA) is 68.4 Å². The molecule has 0 aliphatic carbocycles. The van der Waals surface area contributed by atoms with Crippen molar-refractivity contribution in [2.24, 2.45) is 5.10 Å². The molecule has 0 amide bonds. The molecule has 0 radical (unpaired) electrons. The summed E-state index contributed by atoms with van der Waals surface area (Å²) >= 11 is 9.19. The molecule has 0 atom stereocenters. The molecule has 3 heterocycles. The molecule has 168 valence electrons. The smallest absolute Gasteiger partial charge is 0.212 e. The lowest BCUT2D eigenvalue weighted by Crippen LogP contribution is -2.36. The van der Waals surface area contributed by atoms with E-state index in [4.69, 9.17) is 21.3 Å². The number of ether oxygens (including phenoxy) is 1. The van der Waals surface area contributed by atoms with Gasteiger partial charge < -0.3 is 9.64 Å². The van der Waals surface area contributed by atoms with Crippen LogP contribution in [0.25, 0.3) is 11.3 Å². The Bertz CT molecular complexity index is 1220. The molecule has 0 saturated carbocycles. The van der Waals surface area contributed by atoms with E-state index in [1.54, 1.807) is 34.1 Å². The summed E-state index contributed by atoms with van der Waals surface area (Å²) < 4.78 is 7.19. The van der Waals surface area contributed by atoms with Crippen LogP contribution in [0.15, 0.2) is 71.2 Å². The van der Waals surface area contributed by atoms with E-state index in [0.717, 1.165) is 69.1 Å². The van der Waals surface area contributed by atoms with E-state index in [0.29, 0.717) is 0 Å². The molecular weight excluding hydrogens is 476 g/mol. The standard InChI is InChI=1S/C23H21ClN6OS2/c24-19-8-6-17(7-9-19)15-32-23-28-25-16-30(23)26-14-20-21(18-4-2-1-3-5-18)27-22(33-20)29-10-12-31-13-11-29/h1-9,14,16H,10-13,15H2/b26-14+. The zero-order valence-corrected chi connectivity index (χ0v) is 20.1. The summed E-state index contributed by atoms with van der Waals surface area (Å²) in [6.45, 7) is 3.13. The normalized spacial score (nSPS) is 14.3. The number of halogens is 1. The molecule has 7 nitrogen and oxygen atoms in total. The van der Waals surface area contributed by atoms with Gasteiger partial charge in [-0.25, -0.2) is 4.98 Å². The predicted octanol–water partition coefficient (Wildman–Crippen LogP) is 5.07. The Hall–Kier alpha value is -2.72. The summed E-state index contributed by atoms with van der Waals surface area (Å²) in [5.41, 5.74) is 3.15. The first-order valence-electron chi connectivity index (χ1n) is 10.5. The lowest BCUT2D eigenvalue weighted by Gasteiger charge is -2.26. The molecule has 4 aromatic rings. The molecule has 1 aliphatic heterocycles. The number of thioether (sulfide) groups is 1. The molecule has 1 aliphatic rings. The van der Waals surface area contributed by atoms with Crippen LogP contribution in [0.2, 0.25) is 5.02 Å². The highest BCUT2D eigenvalue weighted by Gasteiger charge is 2.19. The van der Waals surface area contributed by atoms with E-state index in [1.807, 2.05) is 48.7 Å². The second-order valence-corrected chi connectivity index (χ2v) is 9.68. The third-order valence-electron chi connectivity index (χ3n) is 5.05. The van der Waals surface area contributed by atoms with Crippen molar-refractivity contribution in [2.45, 2.75) is 10.9 Å². The van der Waals surface area contributed by atoms with Crippen molar-refractivity contribution in [3.63, 3.8) is 0 Å². The second kappa shape index (κ2) is 10.5. The van der Waals surface area contributed by atoms with Gasteiger partial charge in [0.05, 0.1) is 30.0 Å². The number of aromatic nitrogens is 4. The molecule has 5 rings (SSSR count). The average Bonchev–Trinajstić information content (AvgIpc) is 3.50. The number of morpholine rings is 1. The van der Waals surface area contributed by atoms with Gasteiger partial charge in [-0.3, -0.25) is 0 Å². The number of hydrogen-bond acceptors (Lipinski definition) is 8. The van der Waals surface area contributed by atoms with Crippen LogP contribution < -0.4 is 4.90 Å². The van der Waals surface area contributed by atoms with Crippen molar-refractivity contribution in [3.8, 4) is 11.3 Å². The Morgan fingerprint density at radius 3 is 2.67 bits per heavy atom. The molecule has 1 saturated heterocycles. The number of anilines is 1.